The van der Waals surface area contributed by atoms with Gasteiger partial charge in [-0.05, 0) is 27.2 Å². The maximum atomic E-state index is 6.12. The van der Waals surface area contributed by atoms with Crippen LogP contribution in [0.4, 0.5) is 0 Å². The normalized spacial score (nSPS) is 18.9. The molecule has 0 aliphatic carbocycles. The quantitative estimate of drug-likeness (QED) is 0.411. The van der Waals surface area contributed by atoms with Crippen LogP contribution in [0, 0.1) is 0 Å². The minimum absolute atomic E-state index is 0.174. The fraction of sp³-hybridized carbons (Fsp3) is 0.333. The molecule has 0 spiro atoms. The Labute approximate surface area is 122 Å². The Morgan fingerprint density at radius 2 is 1.62 bits per heavy atom. The SMILES string of the molecule is ClSc1c(Cl)c(Cl)c(Cl)c(Cl)c1CC1CO1. The van der Waals surface area contributed by atoms with E-state index < -0.39 is 0 Å². The molecule has 0 N–H and O–H groups in total. The molecule has 2 rings (SSSR count). The zero-order valence-corrected chi connectivity index (χ0v) is 12.3. The van der Waals surface area contributed by atoms with E-state index in [0.717, 1.165) is 23.1 Å². The number of rotatable bonds is 3. The zero-order chi connectivity index (χ0) is 11.9. The van der Waals surface area contributed by atoms with Crippen molar-refractivity contribution in [1.82, 2.24) is 0 Å². The lowest BCUT2D eigenvalue weighted by Crippen LogP contribution is -1.98. The van der Waals surface area contributed by atoms with Crippen molar-refractivity contribution in [3.8, 4) is 0 Å². The van der Waals surface area contributed by atoms with Crippen LogP contribution < -0.4 is 0 Å². The Hall–Kier alpha value is 0.980. The van der Waals surface area contributed by atoms with Gasteiger partial charge in [0, 0.05) is 11.3 Å². The maximum Gasteiger partial charge on any atom is 0.0851 e. The van der Waals surface area contributed by atoms with Gasteiger partial charge in [-0.3, -0.25) is 0 Å². The predicted molar refractivity (Wildman–Crippen MR) is 71.6 cm³/mol. The molecular formula is C9H5Cl5OS. The summed E-state index contributed by atoms with van der Waals surface area (Å²) in [7, 11) is 6.75. The third-order valence-electron chi connectivity index (χ3n) is 2.23. The Kier molecular flexibility index (Phi) is 4.45. The summed E-state index contributed by atoms with van der Waals surface area (Å²) in [5.74, 6) is 0. The Morgan fingerprint density at radius 3 is 2.12 bits per heavy atom. The molecule has 1 nitrogen and oxygen atoms in total. The first kappa shape index (κ1) is 13.4. The van der Waals surface area contributed by atoms with Crippen LogP contribution >= 0.6 is 68.1 Å². The number of hydrogen-bond acceptors (Lipinski definition) is 2. The molecule has 1 fully saturated rings. The summed E-state index contributed by atoms with van der Waals surface area (Å²) < 4.78 is 5.15. The topological polar surface area (TPSA) is 12.5 Å². The molecule has 0 saturated carbocycles. The first-order valence-electron chi connectivity index (χ1n) is 4.31. The van der Waals surface area contributed by atoms with Gasteiger partial charge < -0.3 is 4.74 Å². The molecule has 1 unspecified atom stereocenters. The van der Waals surface area contributed by atoms with E-state index in [1.807, 2.05) is 0 Å². The summed E-state index contributed by atoms with van der Waals surface area (Å²) >= 11 is 24.1. The maximum absolute atomic E-state index is 6.12. The highest BCUT2D eigenvalue weighted by atomic mass is 35.7. The van der Waals surface area contributed by atoms with E-state index in [1.165, 1.54) is 0 Å². The van der Waals surface area contributed by atoms with Crippen LogP contribution in [-0.4, -0.2) is 12.7 Å². The van der Waals surface area contributed by atoms with Gasteiger partial charge in [0.05, 0.1) is 32.8 Å². The van der Waals surface area contributed by atoms with Crippen molar-refractivity contribution in [1.29, 1.82) is 0 Å². The first-order chi connectivity index (χ1) is 7.56. The molecule has 0 amide bonds. The van der Waals surface area contributed by atoms with Crippen LogP contribution in [-0.2, 0) is 11.2 Å². The van der Waals surface area contributed by atoms with Gasteiger partial charge in [0.25, 0.3) is 0 Å². The molecule has 1 atom stereocenters. The highest BCUT2D eigenvalue weighted by Gasteiger charge is 2.28. The molecule has 1 aliphatic rings. The van der Waals surface area contributed by atoms with Crippen LogP contribution in [0.3, 0.4) is 0 Å². The second-order valence-corrected chi connectivity index (χ2v) is 5.84. The molecule has 1 aromatic carbocycles. The van der Waals surface area contributed by atoms with Crippen molar-refractivity contribution in [2.45, 2.75) is 17.4 Å². The van der Waals surface area contributed by atoms with E-state index >= 15 is 0 Å². The van der Waals surface area contributed by atoms with Crippen LogP contribution in [0.5, 0.6) is 0 Å². The van der Waals surface area contributed by atoms with Crippen molar-refractivity contribution >= 4 is 68.1 Å². The summed E-state index contributed by atoms with van der Waals surface area (Å²) in [6, 6.07) is 0. The fourth-order valence-corrected chi connectivity index (χ4v) is 3.61. The van der Waals surface area contributed by atoms with Gasteiger partial charge in [-0.25, -0.2) is 0 Å². The smallest absolute Gasteiger partial charge is 0.0851 e. The van der Waals surface area contributed by atoms with E-state index in [2.05, 4.69) is 0 Å². The molecule has 88 valence electrons. The van der Waals surface area contributed by atoms with Crippen molar-refractivity contribution in [2.75, 3.05) is 6.61 Å². The lowest BCUT2D eigenvalue weighted by atomic mass is 10.1. The van der Waals surface area contributed by atoms with Crippen molar-refractivity contribution in [3.05, 3.63) is 25.7 Å². The minimum atomic E-state index is 0.174. The molecule has 0 bridgehead atoms. The largest absolute Gasteiger partial charge is 0.373 e. The molecule has 0 aromatic heterocycles. The lowest BCUT2D eigenvalue weighted by molar-refractivity contribution is 0.407. The highest BCUT2D eigenvalue weighted by molar-refractivity contribution is 8.21. The Morgan fingerprint density at radius 1 is 1.06 bits per heavy atom. The van der Waals surface area contributed by atoms with E-state index in [9.17, 15) is 0 Å². The summed E-state index contributed by atoms with van der Waals surface area (Å²) in [4.78, 5) is 0.651. The number of epoxide rings is 1. The fourth-order valence-electron chi connectivity index (χ4n) is 1.33. The summed E-state index contributed by atoms with van der Waals surface area (Å²) in [5, 5.41) is 1.23. The standard InChI is InChI=1S/C9H5Cl5OS/c10-5-4(1-3-2-15-3)9(16-14)8(13)7(12)6(5)11/h3H,1-2H2. The molecular weight excluding hydrogens is 333 g/mol. The molecule has 0 radical (unpaired) electrons. The summed E-state index contributed by atoms with van der Waals surface area (Å²) in [6.45, 7) is 0.723. The van der Waals surface area contributed by atoms with E-state index in [0.29, 0.717) is 21.4 Å². The summed E-state index contributed by atoms with van der Waals surface area (Å²) in [6.07, 6.45) is 0.818. The molecule has 1 aromatic rings. The van der Waals surface area contributed by atoms with Gasteiger partial charge >= 0.3 is 0 Å². The van der Waals surface area contributed by atoms with Gasteiger partial charge in [-0.1, -0.05) is 46.4 Å². The van der Waals surface area contributed by atoms with Gasteiger partial charge in [-0.15, -0.1) is 0 Å². The van der Waals surface area contributed by atoms with Gasteiger partial charge in [0.15, 0.2) is 0 Å². The van der Waals surface area contributed by atoms with Crippen molar-refractivity contribution < 1.29 is 4.74 Å². The Bertz CT molecular complexity index is 433. The third kappa shape index (κ3) is 2.54. The molecule has 1 heterocycles. The minimum Gasteiger partial charge on any atom is -0.373 e. The van der Waals surface area contributed by atoms with Crippen LogP contribution in [0.1, 0.15) is 5.56 Å². The molecule has 1 saturated heterocycles. The number of benzene rings is 1. The zero-order valence-electron chi connectivity index (χ0n) is 7.70. The van der Waals surface area contributed by atoms with E-state index in [1.54, 1.807) is 0 Å². The average Bonchev–Trinajstić information content (AvgIpc) is 3.07. The molecule has 7 heteroatoms. The third-order valence-corrected chi connectivity index (χ3v) is 5.25. The van der Waals surface area contributed by atoms with Gasteiger partial charge in [0.2, 0.25) is 0 Å². The van der Waals surface area contributed by atoms with E-state index in [4.69, 9.17) is 61.8 Å². The number of ether oxygens (including phenoxy) is 1. The second-order valence-electron chi connectivity index (χ2n) is 3.30. The lowest BCUT2D eigenvalue weighted by Gasteiger charge is -2.13. The van der Waals surface area contributed by atoms with Crippen LogP contribution in [0.25, 0.3) is 0 Å². The van der Waals surface area contributed by atoms with Gasteiger partial charge in [0.1, 0.15) is 0 Å². The first-order valence-corrected chi connectivity index (χ1v) is 7.46. The second kappa shape index (κ2) is 5.31. The van der Waals surface area contributed by atoms with E-state index in [-0.39, 0.29) is 16.1 Å². The number of halogens is 5. The van der Waals surface area contributed by atoms with Crippen molar-refractivity contribution in [3.63, 3.8) is 0 Å². The van der Waals surface area contributed by atoms with Crippen LogP contribution in [0.2, 0.25) is 20.1 Å². The average molecular weight is 338 g/mol. The predicted octanol–water partition coefficient (Wildman–Crippen LogP) is 5.49. The van der Waals surface area contributed by atoms with Crippen molar-refractivity contribution in [2.24, 2.45) is 0 Å². The van der Waals surface area contributed by atoms with Crippen LogP contribution in [0.15, 0.2) is 4.90 Å². The Balaban J connectivity index is 2.54. The number of hydrogen-bond donors (Lipinski definition) is 0. The summed E-state index contributed by atoms with van der Waals surface area (Å²) in [5.41, 5.74) is 0.795. The molecule has 1 aliphatic heterocycles. The monoisotopic (exact) mass is 336 g/mol. The molecule has 16 heavy (non-hydrogen) atoms. The highest BCUT2D eigenvalue weighted by Crippen LogP contribution is 2.47. The van der Waals surface area contributed by atoms with Gasteiger partial charge in [-0.2, -0.15) is 0 Å².